The van der Waals surface area contributed by atoms with Crippen LogP contribution in [-0.4, -0.2) is 12.0 Å². The van der Waals surface area contributed by atoms with Gasteiger partial charge in [-0.3, -0.25) is 0 Å². The summed E-state index contributed by atoms with van der Waals surface area (Å²) in [4.78, 5) is 5.45. The Hall–Kier alpha value is -1.05. The Morgan fingerprint density at radius 1 is 1.56 bits per heavy atom. The van der Waals surface area contributed by atoms with Gasteiger partial charge in [0.15, 0.2) is 0 Å². The molecule has 0 unspecified atom stereocenters. The van der Waals surface area contributed by atoms with E-state index in [2.05, 4.69) is 4.98 Å². The van der Waals surface area contributed by atoms with Gasteiger partial charge in [0.25, 0.3) is 0 Å². The van der Waals surface area contributed by atoms with Crippen LogP contribution >= 0.6 is 0 Å². The highest BCUT2D eigenvalue weighted by Crippen LogP contribution is 2.03. The maximum absolute atomic E-state index is 5.38. The molecule has 1 aromatic heterocycles. The predicted octanol–water partition coefficient (Wildman–Crippen LogP) is 1.19. The second-order valence-electron chi connectivity index (χ2n) is 1.80. The van der Waals surface area contributed by atoms with Gasteiger partial charge in [-0.15, -0.1) is 0 Å². The fourth-order valence-corrected chi connectivity index (χ4v) is 0.562. The van der Waals surface area contributed by atoms with Gasteiger partial charge in [-0.1, -0.05) is 6.07 Å². The van der Waals surface area contributed by atoms with Gasteiger partial charge in [-0.2, -0.15) is 0 Å². The van der Waals surface area contributed by atoms with Crippen molar-refractivity contribution in [3.63, 3.8) is 0 Å². The Morgan fingerprint density at radius 2 is 2.33 bits per heavy atom. The first kappa shape index (κ1) is 6.08. The molecule has 0 amide bonds. The average molecular weight is 120 g/mol. The Balaban J connectivity index is 2.85. The molecule has 0 aliphatic rings. The molecule has 2 heteroatoms. The Labute approximate surface area is 55.1 Å². The molecular formula is C7H8N2. The SMILES string of the molecule is [CH]N(C)c1ccccn1. The number of hydrogen-bond donors (Lipinski definition) is 0. The molecule has 0 spiro atoms. The highest BCUT2D eigenvalue weighted by atomic mass is 15.1. The standard InChI is InChI=1S/C7H8N2/c1-9(2)7-5-3-4-6-8-7/h1,3-6H,2H3. The first-order chi connectivity index (χ1) is 4.30. The van der Waals surface area contributed by atoms with Gasteiger partial charge in [0.2, 0.25) is 0 Å². The molecule has 2 nitrogen and oxygen atoms in total. The molecule has 46 valence electrons. The first-order valence-corrected chi connectivity index (χ1v) is 2.70. The van der Waals surface area contributed by atoms with E-state index >= 15 is 0 Å². The first-order valence-electron chi connectivity index (χ1n) is 2.70. The normalized spacial score (nSPS) is 9.11. The zero-order chi connectivity index (χ0) is 6.69. The van der Waals surface area contributed by atoms with Crippen molar-refractivity contribution in [2.75, 3.05) is 11.9 Å². The molecular weight excluding hydrogens is 112 g/mol. The smallest absolute Gasteiger partial charge is 0.128 e. The molecule has 0 aliphatic heterocycles. The van der Waals surface area contributed by atoms with E-state index < -0.39 is 0 Å². The quantitative estimate of drug-likeness (QED) is 0.517. The summed E-state index contributed by atoms with van der Waals surface area (Å²) in [6, 6.07) is 5.60. The summed E-state index contributed by atoms with van der Waals surface area (Å²) in [5.74, 6) is 0.775. The summed E-state index contributed by atoms with van der Waals surface area (Å²) in [7, 11) is 7.14. The molecule has 9 heavy (non-hydrogen) atoms. The van der Waals surface area contributed by atoms with Crippen molar-refractivity contribution in [1.82, 2.24) is 4.98 Å². The van der Waals surface area contributed by atoms with Crippen molar-refractivity contribution in [2.45, 2.75) is 0 Å². The third-order valence-electron chi connectivity index (χ3n) is 1.01. The molecule has 0 fully saturated rings. The lowest BCUT2D eigenvalue weighted by Crippen LogP contribution is -2.06. The minimum absolute atomic E-state index is 0.775. The van der Waals surface area contributed by atoms with E-state index in [0.29, 0.717) is 0 Å². The van der Waals surface area contributed by atoms with E-state index in [4.69, 9.17) is 7.05 Å². The maximum atomic E-state index is 5.38. The monoisotopic (exact) mass is 120 g/mol. The largest absolute Gasteiger partial charge is 0.352 e. The molecule has 1 rings (SSSR count). The predicted molar refractivity (Wildman–Crippen MR) is 36.9 cm³/mol. The second kappa shape index (κ2) is 2.49. The lowest BCUT2D eigenvalue weighted by atomic mass is 10.4. The third-order valence-corrected chi connectivity index (χ3v) is 1.01. The number of hydrogen-bond acceptors (Lipinski definition) is 2. The van der Waals surface area contributed by atoms with Gasteiger partial charge in [0.1, 0.15) is 5.82 Å². The molecule has 1 aromatic rings. The summed E-state index contributed by atoms with van der Waals surface area (Å²) in [6.07, 6.45) is 1.71. The van der Waals surface area contributed by atoms with Crippen LogP contribution in [0.3, 0.4) is 0 Å². The van der Waals surface area contributed by atoms with Gasteiger partial charge in [0, 0.05) is 13.2 Å². The number of nitrogens with zero attached hydrogens (tertiary/aromatic N) is 2. The zero-order valence-electron chi connectivity index (χ0n) is 5.28. The Kier molecular flexibility index (Phi) is 1.68. The Bertz CT molecular complexity index is 170. The zero-order valence-corrected chi connectivity index (χ0v) is 5.28. The van der Waals surface area contributed by atoms with Crippen LogP contribution in [0.1, 0.15) is 0 Å². The van der Waals surface area contributed by atoms with Crippen molar-refractivity contribution < 1.29 is 0 Å². The fraction of sp³-hybridized carbons (Fsp3) is 0.143. The van der Waals surface area contributed by atoms with Crippen LogP contribution in [0.5, 0.6) is 0 Å². The molecule has 1 heterocycles. The average Bonchev–Trinajstić information content (AvgIpc) is 1.90. The maximum Gasteiger partial charge on any atom is 0.128 e. The topological polar surface area (TPSA) is 16.1 Å². The highest BCUT2D eigenvalue weighted by molar-refractivity contribution is 5.36. The molecule has 2 radical (unpaired) electrons. The van der Waals surface area contributed by atoms with Crippen LogP contribution in [-0.2, 0) is 0 Å². The van der Waals surface area contributed by atoms with Crippen LogP contribution in [0, 0.1) is 7.05 Å². The number of rotatable bonds is 1. The summed E-state index contributed by atoms with van der Waals surface area (Å²) >= 11 is 0. The third kappa shape index (κ3) is 1.42. The molecule has 0 aromatic carbocycles. The Morgan fingerprint density at radius 3 is 2.67 bits per heavy atom. The van der Waals surface area contributed by atoms with Gasteiger partial charge >= 0.3 is 0 Å². The van der Waals surface area contributed by atoms with Crippen molar-refractivity contribution in [2.24, 2.45) is 0 Å². The minimum Gasteiger partial charge on any atom is -0.352 e. The van der Waals surface area contributed by atoms with Crippen LogP contribution in [0.4, 0.5) is 5.82 Å². The molecule has 0 saturated carbocycles. The summed E-state index contributed by atoms with van der Waals surface area (Å²) in [5, 5.41) is 0. The molecule has 0 N–H and O–H groups in total. The number of anilines is 1. The van der Waals surface area contributed by atoms with Crippen molar-refractivity contribution in [3.05, 3.63) is 31.4 Å². The van der Waals surface area contributed by atoms with Crippen LogP contribution in [0.2, 0.25) is 0 Å². The van der Waals surface area contributed by atoms with E-state index in [1.165, 1.54) is 4.90 Å². The van der Waals surface area contributed by atoms with Crippen molar-refractivity contribution in [1.29, 1.82) is 0 Å². The van der Waals surface area contributed by atoms with E-state index in [0.717, 1.165) is 5.82 Å². The van der Waals surface area contributed by atoms with E-state index in [9.17, 15) is 0 Å². The summed E-state index contributed by atoms with van der Waals surface area (Å²) < 4.78 is 0. The molecule has 0 atom stereocenters. The fourth-order valence-electron chi connectivity index (χ4n) is 0.562. The van der Waals surface area contributed by atoms with Crippen LogP contribution in [0.15, 0.2) is 24.4 Å². The second-order valence-corrected chi connectivity index (χ2v) is 1.80. The molecule has 0 bridgehead atoms. The van der Waals surface area contributed by atoms with Gasteiger partial charge < -0.3 is 4.90 Å². The minimum atomic E-state index is 0.775. The molecule has 0 aliphatic carbocycles. The summed E-state index contributed by atoms with van der Waals surface area (Å²) in [6.45, 7) is 0. The van der Waals surface area contributed by atoms with E-state index in [-0.39, 0.29) is 0 Å². The van der Waals surface area contributed by atoms with Crippen LogP contribution in [0.25, 0.3) is 0 Å². The van der Waals surface area contributed by atoms with Crippen molar-refractivity contribution >= 4 is 5.82 Å². The summed E-state index contributed by atoms with van der Waals surface area (Å²) in [5.41, 5.74) is 0. The van der Waals surface area contributed by atoms with Gasteiger partial charge in [-0.25, -0.2) is 4.98 Å². The van der Waals surface area contributed by atoms with Crippen molar-refractivity contribution in [3.8, 4) is 0 Å². The molecule has 0 saturated heterocycles. The van der Waals surface area contributed by atoms with E-state index in [1.807, 2.05) is 18.2 Å². The van der Waals surface area contributed by atoms with Gasteiger partial charge in [0.05, 0.1) is 7.05 Å². The van der Waals surface area contributed by atoms with Crippen LogP contribution < -0.4 is 4.90 Å². The lowest BCUT2D eigenvalue weighted by molar-refractivity contribution is 1.12. The highest BCUT2D eigenvalue weighted by Gasteiger charge is 1.90. The van der Waals surface area contributed by atoms with E-state index in [1.54, 1.807) is 13.2 Å². The lowest BCUT2D eigenvalue weighted by Gasteiger charge is -2.07. The van der Waals surface area contributed by atoms with Gasteiger partial charge in [-0.05, 0) is 12.1 Å². The number of pyridine rings is 1. The number of aromatic nitrogens is 1.